The van der Waals surface area contributed by atoms with Gasteiger partial charge in [0.25, 0.3) is 0 Å². The summed E-state index contributed by atoms with van der Waals surface area (Å²) in [6.45, 7) is 9.34. The van der Waals surface area contributed by atoms with E-state index in [2.05, 4.69) is 37.1 Å². The highest BCUT2D eigenvalue weighted by Crippen LogP contribution is 2.45. The molecule has 5 nitrogen and oxygen atoms in total. The molecule has 2 aliphatic rings. The maximum absolute atomic E-state index is 12.4. The Bertz CT molecular complexity index is 485. The van der Waals surface area contributed by atoms with Gasteiger partial charge in [-0.05, 0) is 45.4 Å². The molecule has 2 fully saturated rings. The molecule has 2 rings (SSSR count). The molecule has 0 spiro atoms. The number of carbonyl (C=O) groups excluding carboxylic acids is 2. The van der Waals surface area contributed by atoms with Crippen molar-refractivity contribution in [3.05, 3.63) is 11.6 Å². The van der Waals surface area contributed by atoms with Crippen molar-refractivity contribution in [2.75, 3.05) is 19.6 Å². The minimum Gasteiger partial charge on any atom is -0.369 e. The van der Waals surface area contributed by atoms with E-state index in [9.17, 15) is 9.59 Å². The van der Waals surface area contributed by atoms with E-state index < -0.39 is 11.3 Å². The molecule has 1 saturated heterocycles. The Labute approximate surface area is 151 Å². The quantitative estimate of drug-likeness (QED) is 0.516. The predicted octanol–water partition coefficient (Wildman–Crippen LogP) is 2.25. The molecule has 138 valence electrons. The second-order valence-electron chi connectivity index (χ2n) is 7.40. The fourth-order valence-electron chi connectivity index (χ4n) is 3.52. The molecule has 1 aliphatic heterocycles. The van der Waals surface area contributed by atoms with Crippen molar-refractivity contribution < 1.29 is 9.59 Å². The number of primary amides is 1. The Morgan fingerprint density at radius 2 is 1.96 bits per heavy atom. The Hall–Kier alpha value is -1.07. The average molecular weight is 358 g/mol. The SMILES string of the molecule is CCC[C@H]1CN(CCC=C(C)C)C[C@@H]1NC(=O)C1(C(N)=O)CC1.Cl. The molecule has 6 heteroatoms. The lowest BCUT2D eigenvalue weighted by molar-refractivity contribution is -0.135. The van der Waals surface area contributed by atoms with Crippen LogP contribution in [0.25, 0.3) is 0 Å². The number of hydrogen-bond donors (Lipinski definition) is 2. The molecule has 3 N–H and O–H groups in total. The van der Waals surface area contributed by atoms with Gasteiger partial charge < -0.3 is 16.0 Å². The summed E-state index contributed by atoms with van der Waals surface area (Å²) in [5.41, 5.74) is 5.84. The first-order chi connectivity index (χ1) is 10.9. The van der Waals surface area contributed by atoms with Crippen LogP contribution in [0.2, 0.25) is 0 Å². The van der Waals surface area contributed by atoms with Crippen LogP contribution in [-0.2, 0) is 9.59 Å². The number of nitrogens with one attached hydrogen (secondary N) is 1. The van der Waals surface area contributed by atoms with Gasteiger partial charge in [-0.25, -0.2) is 0 Å². The van der Waals surface area contributed by atoms with E-state index in [4.69, 9.17) is 5.73 Å². The second-order valence-corrected chi connectivity index (χ2v) is 7.40. The van der Waals surface area contributed by atoms with Gasteiger partial charge >= 0.3 is 0 Å². The topological polar surface area (TPSA) is 75.4 Å². The van der Waals surface area contributed by atoms with Crippen molar-refractivity contribution in [2.24, 2.45) is 17.1 Å². The maximum Gasteiger partial charge on any atom is 0.235 e. The van der Waals surface area contributed by atoms with Gasteiger partial charge in [-0.1, -0.05) is 25.0 Å². The number of halogens is 1. The van der Waals surface area contributed by atoms with Crippen LogP contribution in [0.1, 0.15) is 52.9 Å². The summed E-state index contributed by atoms with van der Waals surface area (Å²) in [4.78, 5) is 26.4. The monoisotopic (exact) mass is 357 g/mol. The molecule has 1 heterocycles. The van der Waals surface area contributed by atoms with E-state index in [1.54, 1.807) is 0 Å². The molecular weight excluding hydrogens is 326 g/mol. The molecule has 0 unspecified atom stereocenters. The summed E-state index contributed by atoms with van der Waals surface area (Å²) in [6.07, 6.45) is 6.72. The zero-order valence-electron chi connectivity index (χ0n) is 15.1. The van der Waals surface area contributed by atoms with Crippen molar-refractivity contribution in [1.29, 1.82) is 0 Å². The third-order valence-electron chi connectivity index (χ3n) is 5.15. The minimum absolute atomic E-state index is 0. The number of nitrogens with zero attached hydrogens (tertiary/aromatic N) is 1. The van der Waals surface area contributed by atoms with Gasteiger partial charge in [-0.3, -0.25) is 9.59 Å². The number of rotatable bonds is 8. The van der Waals surface area contributed by atoms with Crippen molar-refractivity contribution >= 4 is 24.2 Å². The van der Waals surface area contributed by atoms with E-state index >= 15 is 0 Å². The first-order valence-electron chi connectivity index (χ1n) is 8.85. The predicted molar refractivity (Wildman–Crippen MR) is 98.9 cm³/mol. The molecule has 0 bridgehead atoms. The molecule has 1 saturated carbocycles. The molecule has 0 aromatic heterocycles. The van der Waals surface area contributed by atoms with E-state index in [1.807, 2.05) is 0 Å². The van der Waals surface area contributed by atoms with Crippen LogP contribution in [-0.4, -0.2) is 42.4 Å². The fourth-order valence-corrected chi connectivity index (χ4v) is 3.52. The highest BCUT2D eigenvalue weighted by molar-refractivity contribution is 6.07. The lowest BCUT2D eigenvalue weighted by Crippen LogP contribution is -2.47. The van der Waals surface area contributed by atoms with Crippen LogP contribution >= 0.6 is 12.4 Å². The molecule has 0 aromatic rings. The first kappa shape index (κ1) is 21.0. The van der Waals surface area contributed by atoms with Crippen LogP contribution < -0.4 is 11.1 Å². The molecule has 2 amide bonds. The molecule has 1 aliphatic carbocycles. The number of nitrogens with two attached hydrogens (primary N) is 1. The van der Waals surface area contributed by atoms with E-state index in [1.165, 1.54) is 5.57 Å². The Morgan fingerprint density at radius 1 is 1.29 bits per heavy atom. The van der Waals surface area contributed by atoms with Crippen LogP contribution in [0.5, 0.6) is 0 Å². The highest BCUT2D eigenvalue weighted by atomic mass is 35.5. The smallest absolute Gasteiger partial charge is 0.235 e. The number of amides is 2. The van der Waals surface area contributed by atoms with Gasteiger partial charge in [-0.2, -0.15) is 0 Å². The van der Waals surface area contributed by atoms with Crippen molar-refractivity contribution in [3.8, 4) is 0 Å². The highest BCUT2D eigenvalue weighted by Gasteiger charge is 2.56. The summed E-state index contributed by atoms with van der Waals surface area (Å²) >= 11 is 0. The standard InChI is InChI=1S/C18H31N3O2.ClH/c1-4-6-14-11-21(10-5-7-13(2)3)12-15(14)20-17(23)18(8-9-18)16(19)22;/h7,14-15H,4-6,8-12H2,1-3H3,(H2,19,22)(H,20,23);1H/t14-,15-;/m0./s1. The summed E-state index contributed by atoms with van der Waals surface area (Å²) in [7, 11) is 0. The van der Waals surface area contributed by atoms with Crippen LogP contribution in [0.15, 0.2) is 11.6 Å². The van der Waals surface area contributed by atoms with Gasteiger partial charge in [-0.15, -0.1) is 12.4 Å². The van der Waals surface area contributed by atoms with Crippen molar-refractivity contribution in [3.63, 3.8) is 0 Å². The van der Waals surface area contributed by atoms with E-state index in [-0.39, 0.29) is 24.4 Å². The van der Waals surface area contributed by atoms with Crippen molar-refractivity contribution in [2.45, 2.75) is 58.9 Å². The molecule has 2 atom stereocenters. The summed E-state index contributed by atoms with van der Waals surface area (Å²) in [5, 5.41) is 3.13. The lowest BCUT2D eigenvalue weighted by Gasteiger charge is -2.22. The molecule has 24 heavy (non-hydrogen) atoms. The van der Waals surface area contributed by atoms with E-state index in [0.29, 0.717) is 18.8 Å². The van der Waals surface area contributed by atoms with Gasteiger partial charge in [0.05, 0.1) is 0 Å². The van der Waals surface area contributed by atoms with Crippen LogP contribution in [0, 0.1) is 11.3 Å². The van der Waals surface area contributed by atoms with Crippen LogP contribution in [0.3, 0.4) is 0 Å². The molecule has 0 radical (unpaired) electrons. The number of carbonyl (C=O) groups is 2. The third-order valence-corrected chi connectivity index (χ3v) is 5.15. The van der Waals surface area contributed by atoms with Gasteiger partial charge in [0.2, 0.25) is 11.8 Å². The average Bonchev–Trinajstić information content (AvgIpc) is 3.20. The summed E-state index contributed by atoms with van der Waals surface area (Å²) < 4.78 is 0. The molecule has 0 aromatic carbocycles. The Morgan fingerprint density at radius 3 is 2.46 bits per heavy atom. The van der Waals surface area contributed by atoms with Gasteiger partial charge in [0.1, 0.15) is 5.41 Å². The first-order valence-corrected chi connectivity index (χ1v) is 8.85. The van der Waals surface area contributed by atoms with E-state index in [0.717, 1.165) is 38.9 Å². The number of allylic oxidation sites excluding steroid dienone is 1. The minimum atomic E-state index is -0.910. The van der Waals surface area contributed by atoms with Gasteiger partial charge in [0, 0.05) is 25.7 Å². The Balaban J connectivity index is 0.00000288. The summed E-state index contributed by atoms with van der Waals surface area (Å²) in [5.74, 6) is -0.151. The normalized spacial score (nSPS) is 24.8. The van der Waals surface area contributed by atoms with Crippen molar-refractivity contribution in [1.82, 2.24) is 10.2 Å². The fraction of sp³-hybridized carbons (Fsp3) is 0.778. The number of likely N-dealkylation sites (tertiary alicyclic amines) is 1. The van der Waals surface area contributed by atoms with Gasteiger partial charge in [0.15, 0.2) is 0 Å². The lowest BCUT2D eigenvalue weighted by atomic mass is 9.96. The van der Waals surface area contributed by atoms with Crippen LogP contribution in [0.4, 0.5) is 0 Å². The molecular formula is C18H32ClN3O2. The zero-order chi connectivity index (χ0) is 17.0. The third kappa shape index (κ3) is 4.96. The zero-order valence-corrected chi connectivity index (χ0v) is 16.0. The number of hydrogen-bond acceptors (Lipinski definition) is 3. The summed E-state index contributed by atoms with van der Waals surface area (Å²) in [6, 6.07) is 0.144. The maximum atomic E-state index is 12.4. The second kappa shape index (κ2) is 8.86. The largest absolute Gasteiger partial charge is 0.369 e. The Kier molecular flexibility index (Phi) is 7.74.